The van der Waals surface area contributed by atoms with Crippen molar-refractivity contribution in [2.75, 3.05) is 110 Å². The molecule has 528 valence electrons. The number of carbonyl (C=O) groups excluding carboxylic acids is 5. The predicted molar refractivity (Wildman–Crippen MR) is 362 cm³/mol. The average Bonchev–Trinajstić information content (AvgIpc) is 1.61. The number of nitrogens with one attached hydrogen (secondary N) is 2. The lowest BCUT2D eigenvalue weighted by Gasteiger charge is -2.44. The van der Waals surface area contributed by atoms with E-state index in [0.29, 0.717) is 108 Å². The Labute approximate surface area is 573 Å². The van der Waals surface area contributed by atoms with Gasteiger partial charge in [0.25, 0.3) is 5.91 Å². The summed E-state index contributed by atoms with van der Waals surface area (Å²) in [5.41, 5.74) is 3.14. The van der Waals surface area contributed by atoms with Crippen LogP contribution in [0.3, 0.4) is 0 Å². The summed E-state index contributed by atoms with van der Waals surface area (Å²) in [6.07, 6.45) is -2.86. The third-order valence-electron chi connectivity index (χ3n) is 20.5. The molecular formula is C76H87F7N8O8. The maximum absolute atomic E-state index is 14.3. The zero-order valence-electron chi connectivity index (χ0n) is 56.1. The monoisotopic (exact) mass is 1370 g/mol. The van der Waals surface area contributed by atoms with Crippen LogP contribution in [0, 0.1) is 5.82 Å². The van der Waals surface area contributed by atoms with Gasteiger partial charge in [0.15, 0.2) is 0 Å². The summed E-state index contributed by atoms with van der Waals surface area (Å²) >= 11 is 0. The first-order valence-electron chi connectivity index (χ1n) is 34.4. The van der Waals surface area contributed by atoms with Gasteiger partial charge in [0.05, 0.1) is 29.5 Å². The Balaban J connectivity index is 0.564. The third kappa shape index (κ3) is 18.0. The molecule has 99 heavy (non-hydrogen) atoms. The molecule has 11 rings (SSSR count). The van der Waals surface area contributed by atoms with E-state index in [-0.39, 0.29) is 55.6 Å². The van der Waals surface area contributed by atoms with E-state index in [2.05, 4.69) is 50.8 Å². The first-order valence-corrected chi connectivity index (χ1v) is 34.4. The van der Waals surface area contributed by atoms with Crippen molar-refractivity contribution in [1.82, 2.24) is 29.4 Å². The number of piperidine rings is 2. The number of likely N-dealkylation sites (tertiary alicyclic amines) is 2. The number of anilines is 2. The first-order chi connectivity index (χ1) is 47.5. The number of ether oxygens (including phenoxy) is 3. The van der Waals surface area contributed by atoms with Gasteiger partial charge in [-0.2, -0.15) is 26.3 Å². The molecule has 5 amide bonds. The maximum atomic E-state index is 14.3. The minimum Gasteiger partial charge on any atom is -0.446 e. The van der Waals surface area contributed by atoms with Crippen molar-refractivity contribution in [3.05, 3.63) is 190 Å². The number of hydrogen-bond acceptors (Lipinski definition) is 11. The quantitative estimate of drug-likeness (QED) is 0.0415. The van der Waals surface area contributed by atoms with Crippen LogP contribution in [-0.2, 0) is 71.3 Å². The fourth-order valence-electron chi connectivity index (χ4n) is 14.6. The second kappa shape index (κ2) is 31.9. The van der Waals surface area contributed by atoms with Gasteiger partial charge in [-0.3, -0.25) is 24.5 Å². The van der Waals surface area contributed by atoms with Gasteiger partial charge in [0.1, 0.15) is 30.9 Å². The number of unbranched alkanes of at least 4 members (excludes halogenated alkanes) is 2. The molecule has 6 aromatic rings. The van der Waals surface area contributed by atoms with Crippen LogP contribution in [0.25, 0.3) is 11.1 Å². The van der Waals surface area contributed by atoms with Crippen molar-refractivity contribution in [3.8, 4) is 11.1 Å². The van der Waals surface area contributed by atoms with Gasteiger partial charge >= 0.3 is 18.4 Å². The number of para-hydroxylation sites is 1. The molecule has 6 aromatic carbocycles. The summed E-state index contributed by atoms with van der Waals surface area (Å²) in [5.74, 6) is -1.62. The van der Waals surface area contributed by atoms with Crippen LogP contribution in [-0.4, -0.2) is 171 Å². The van der Waals surface area contributed by atoms with Crippen molar-refractivity contribution < 1.29 is 68.9 Å². The van der Waals surface area contributed by atoms with Gasteiger partial charge in [-0.1, -0.05) is 97.4 Å². The van der Waals surface area contributed by atoms with Crippen LogP contribution in [0.2, 0.25) is 0 Å². The number of alkyl halides is 6. The summed E-state index contributed by atoms with van der Waals surface area (Å²) in [6.45, 7) is 6.13. The zero-order valence-corrected chi connectivity index (χ0v) is 56.1. The Kier molecular flexibility index (Phi) is 23.1. The van der Waals surface area contributed by atoms with Crippen LogP contribution in [0.1, 0.15) is 120 Å². The van der Waals surface area contributed by atoms with E-state index in [1.54, 1.807) is 11.9 Å². The highest BCUT2D eigenvalue weighted by Crippen LogP contribution is 2.49. The second-order valence-electron chi connectivity index (χ2n) is 27.0. The summed E-state index contributed by atoms with van der Waals surface area (Å²) in [7, 11) is 3.59. The lowest BCUT2D eigenvalue weighted by atomic mass is 9.72. The number of rotatable bonds is 25. The standard InChI is InChI=1S/C76H87F7N8O8/c1-86(35-13-21-69(93)90-38-28-54-46-62(27-22-56(54)49-90)84-34-12-4-7-20-68(92)87(2)42-43-88-36-29-63(30-37-88)99-72(96)85-66-19-11-9-17-64(66)53-14-5-3-6-15-53)70(94)50-97-67-47-55-16-8-10-18-65(55)73(67)31-39-89(40-32-73)41-33-74(58-23-25-61(77)26-24-58)51-91(52-98-74)71(95)57-44-59(75(78,79)80)48-60(45-57)76(81,82)83/h3,5-6,8-11,14-19,22-27,44-46,48,63,67,84H,4,7,12-13,20-21,28-43,47,49-52H2,1-2H3,(H,85,96)/t67-,74-/m0/s1. The van der Waals surface area contributed by atoms with E-state index in [1.165, 1.54) is 35.4 Å². The Morgan fingerprint density at radius 1 is 0.657 bits per heavy atom. The minimum atomic E-state index is -5.15. The van der Waals surface area contributed by atoms with Crippen LogP contribution in [0.15, 0.2) is 140 Å². The lowest BCUT2D eigenvalue weighted by molar-refractivity contribution is -0.143. The molecule has 3 saturated heterocycles. The Morgan fingerprint density at radius 3 is 2.08 bits per heavy atom. The highest BCUT2D eigenvalue weighted by molar-refractivity contribution is 5.95. The molecule has 0 aromatic heterocycles. The zero-order chi connectivity index (χ0) is 69.9. The number of fused-ring (bicyclic) bond motifs is 3. The summed E-state index contributed by atoms with van der Waals surface area (Å²) < 4.78 is 116. The van der Waals surface area contributed by atoms with Crippen LogP contribution < -0.4 is 10.6 Å². The van der Waals surface area contributed by atoms with Crippen molar-refractivity contribution in [2.24, 2.45) is 0 Å². The van der Waals surface area contributed by atoms with Gasteiger partial charge < -0.3 is 48.9 Å². The third-order valence-corrected chi connectivity index (χ3v) is 20.5. The molecule has 0 radical (unpaired) electrons. The van der Waals surface area contributed by atoms with Crippen LogP contribution in [0.4, 0.5) is 46.9 Å². The number of carbonyl (C=O) groups is 5. The first kappa shape index (κ1) is 71.9. The fourth-order valence-corrected chi connectivity index (χ4v) is 14.6. The summed E-state index contributed by atoms with van der Waals surface area (Å²) in [5, 5.41) is 6.48. The Morgan fingerprint density at radius 2 is 1.34 bits per heavy atom. The Hall–Kier alpha value is -8.38. The normalized spacial score (nSPS) is 18.8. The molecule has 1 aliphatic carbocycles. The van der Waals surface area contributed by atoms with Crippen molar-refractivity contribution in [1.29, 1.82) is 0 Å². The molecule has 4 aliphatic heterocycles. The van der Waals surface area contributed by atoms with E-state index < -0.39 is 64.6 Å². The molecule has 0 saturated carbocycles. The van der Waals surface area contributed by atoms with E-state index in [4.69, 9.17) is 14.2 Å². The van der Waals surface area contributed by atoms with Crippen LogP contribution in [0.5, 0.6) is 0 Å². The van der Waals surface area contributed by atoms with E-state index in [9.17, 15) is 54.7 Å². The smallest absolute Gasteiger partial charge is 0.416 e. The molecule has 5 aliphatic rings. The lowest BCUT2D eigenvalue weighted by Crippen LogP contribution is -2.50. The molecule has 16 nitrogen and oxygen atoms in total. The highest BCUT2D eigenvalue weighted by atomic mass is 19.4. The predicted octanol–water partition coefficient (Wildman–Crippen LogP) is 13.2. The molecule has 3 fully saturated rings. The topological polar surface area (TPSA) is 157 Å². The maximum Gasteiger partial charge on any atom is 0.416 e. The molecule has 2 N–H and O–H groups in total. The molecule has 1 spiro atoms. The van der Waals surface area contributed by atoms with Crippen molar-refractivity contribution in [3.63, 3.8) is 0 Å². The minimum absolute atomic E-state index is 0.0263. The van der Waals surface area contributed by atoms with E-state index >= 15 is 0 Å². The van der Waals surface area contributed by atoms with Gasteiger partial charge in [-0.25, -0.2) is 9.18 Å². The van der Waals surface area contributed by atoms with E-state index in [0.717, 1.165) is 97.5 Å². The van der Waals surface area contributed by atoms with E-state index in [1.807, 2.05) is 83.6 Å². The molecule has 0 unspecified atom stereocenters. The summed E-state index contributed by atoms with van der Waals surface area (Å²) in [4.78, 5) is 77.9. The SMILES string of the molecule is CN(CCN1CCC(OC(=O)Nc2ccccc2-c2ccccc2)CC1)C(=O)CCCCCNc1ccc2c(c1)CCN(C(=O)CCCN(C)C(=O)CO[C@H]1Cc3ccccc3C13CCN(CC[C@@]1(c4ccc(F)cc4)CN(C(=O)c4cc(C(F)(F)F)cc(C(F)(F)F)c4)CO1)CC3)C2. The molecule has 2 atom stereocenters. The molecular weight excluding hydrogens is 1290 g/mol. The van der Waals surface area contributed by atoms with Crippen molar-refractivity contribution >= 4 is 41.1 Å². The van der Waals surface area contributed by atoms with Gasteiger partial charge in [-0.05, 0) is 159 Å². The molecule has 0 bridgehead atoms. The van der Waals surface area contributed by atoms with Gasteiger partial charge in [0.2, 0.25) is 17.7 Å². The van der Waals surface area contributed by atoms with Crippen LogP contribution >= 0.6 is 0 Å². The number of nitrogens with zero attached hydrogens (tertiary/aromatic N) is 6. The van der Waals surface area contributed by atoms with Gasteiger partial charge in [0, 0.05) is 108 Å². The van der Waals surface area contributed by atoms with Crippen molar-refractivity contribution in [2.45, 2.75) is 126 Å². The average molecular weight is 1370 g/mol. The Bertz CT molecular complexity index is 3760. The fraction of sp³-hybridized carbons (Fsp3) is 0.461. The number of halogens is 7. The number of amides is 5. The van der Waals surface area contributed by atoms with Gasteiger partial charge in [-0.15, -0.1) is 0 Å². The largest absolute Gasteiger partial charge is 0.446 e. The highest BCUT2D eigenvalue weighted by Gasteiger charge is 2.50. The molecule has 4 heterocycles. The second-order valence-corrected chi connectivity index (χ2v) is 27.0. The molecule has 23 heteroatoms. The number of likely N-dealkylation sites (N-methyl/N-ethyl adjacent to an activating group) is 2. The number of benzene rings is 6. The summed E-state index contributed by atoms with van der Waals surface area (Å²) in [6, 6.07) is 38.3. The number of hydrogen-bond donors (Lipinski definition) is 2.